The SMILES string of the molecule is Cc1cccc(-n2c(NC(=O)OCc3ccccc3)cc(=O)[nH]c2=S)c1. The largest absolute Gasteiger partial charge is 0.444 e. The van der Waals surface area contributed by atoms with Crippen LogP contribution in [0.15, 0.2) is 65.5 Å². The van der Waals surface area contributed by atoms with Crippen molar-refractivity contribution in [2.75, 3.05) is 5.32 Å². The number of anilines is 1. The molecule has 7 heteroatoms. The quantitative estimate of drug-likeness (QED) is 0.685. The minimum absolute atomic E-state index is 0.126. The second-order valence-electron chi connectivity index (χ2n) is 5.69. The van der Waals surface area contributed by atoms with Crippen LogP contribution in [0.2, 0.25) is 0 Å². The third-order valence-corrected chi connectivity index (χ3v) is 3.93. The van der Waals surface area contributed by atoms with E-state index in [0.717, 1.165) is 16.8 Å². The van der Waals surface area contributed by atoms with Gasteiger partial charge in [0.05, 0.1) is 5.69 Å². The lowest BCUT2D eigenvalue weighted by Crippen LogP contribution is -2.21. The molecule has 0 aliphatic carbocycles. The average molecular weight is 367 g/mol. The molecule has 0 radical (unpaired) electrons. The van der Waals surface area contributed by atoms with Gasteiger partial charge in [0.25, 0.3) is 5.56 Å². The van der Waals surface area contributed by atoms with Crippen LogP contribution in [-0.2, 0) is 11.3 Å². The number of hydrogen-bond acceptors (Lipinski definition) is 4. The van der Waals surface area contributed by atoms with Crippen molar-refractivity contribution in [2.24, 2.45) is 0 Å². The Hall–Kier alpha value is -3.19. The summed E-state index contributed by atoms with van der Waals surface area (Å²) in [5, 5.41) is 2.60. The monoisotopic (exact) mass is 367 g/mol. The van der Waals surface area contributed by atoms with Crippen LogP contribution in [0.1, 0.15) is 11.1 Å². The summed E-state index contributed by atoms with van der Waals surface area (Å²) in [7, 11) is 0. The van der Waals surface area contributed by atoms with E-state index in [1.165, 1.54) is 6.07 Å². The Morgan fingerprint density at radius 2 is 1.92 bits per heavy atom. The molecule has 3 aromatic rings. The van der Waals surface area contributed by atoms with Crippen molar-refractivity contribution in [3.63, 3.8) is 0 Å². The van der Waals surface area contributed by atoms with Gasteiger partial charge in [-0.25, -0.2) is 4.79 Å². The first-order valence-corrected chi connectivity index (χ1v) is 8.35. The van der Waals surface area contributed by atoms with E-state index in [1.54, 1.807) is 4.57 Å². The van der Waals surface area contributed by atoms with Crippen molar-refractivity contribution in [1.82, 2.24) is 9.55 Å². The van der Waals surface area contributed by atoms with E-state index in [-0.39, 0.29) is 17.2 Å². The van der Waals surface area contributed by atoms with Crippen LogP contribution in [0, 0.1) is 11.7 Å². The van der Waals surface area contributed by atoms with Crippen molar-refractivity contribution < 1.29 is 9.53 Å². The number of ether oxygens (including phenoxy) is 1. The minimum Gasteiger partial charge on any atom is -0.444 e. The van der Waals surface area contributed by atoms with Crippen LogP contribution >= 0.6 is 12.2 Å². The zero-order chi connectivity index (χ0) is 18.5. The predicted octanol–water partition coefficient (Wildman–Crippen LogP) is 3.95. The highest BCUT2D eigenvalue weighted by Crippen LogP contribution is 2.16. The van der Waals surface area contributed by atoms with Crippen molar-refractivity contribution in [1.29, 1.82) is 0 Å². The first-order valence-electron chi connectivity index (χ1n) is 7.94. The molecular formula is C19H17N3O3S. The van der Waals surface area contributed by atoms with Gasteiger partial charge in [-0.15, -0.1) is 0 Å². The van der Waals surface area contributed by atoms with Gasteiger partial charge in [-0.2, -0.15) is 0 Å². The number of rotatable bonds is 4. The summed E-state index contributed by atoms with van der Waals surface area (Å²) in [6, 6.07) is 18.1. The van der Waals surface area contributed by atoms with E-state index in [9.17, 15) is 9.59 Å². The highest BCUT2D eigenvalue weighted by molar-refractivity contribution is 7.71. The summed E-state index contributed by atoms with van der Waals surface area (Å²) < 4.78 is 6.98. The van der Waals surface area contributed by atoms with Crippen molar-refractivity contribution in [2.45, 2.75) is 13.5 Å². The Balaban J connectivity index is 1.86. The zero-order valence-electron chi connectivity index (χ0n) is 14.1. The van der Waals surface area contributed by atoms with Gasteiger partial charge in [-0.3, -0.25) is 19.7 Å². The van der Waals surface area contributed by atoms with E-state index >= 15 is 0 Å². The van der Waals surface area contributed by atoms with Gasteiger partial charge in [0.1, 0.15) is 12.4 Å². The van der Waals surface area contributed by atoms with Crippen LogP contribution in [0.25, 0.3) is 5.69 Å². The molecule has 1 aromatic heterocycles. The second-order valence-corrected chi connectivity index (χ2v) is 6.07. The summed E-state index contributed by atoms with van der Waals surface area (Å²) in [6.45, 7) is 2.07. The van der Waals surface area contributed by atoms with Crippen LogP contribution in [-0.4, -0.2) is 15.6 Å². The summed E-state index contributed by atoms with van der Waals surface area (Å²) in [5.41, 5.74) is 2.21. The predicted molar refractivity (Wildman–Crippen MR) is 102 cm³/mol. The number of amides is 1. The number of H-pyrrole nitrogens is 1. The molecule has 0 aliphatic rings. The number of carbonyl (C=O) groups excluding carboxylic acids is 1. The molecule has 0 saturated carbocycles. The Morgan fingerprint density at radius 3 is 2.65 bits per heavy atom. The molecule has 0 aliphatic heterocycles. The third kappa shape index (κ3) is 4.25. The summed E-state index contributed by atoms with van der Waals surface area (Å²) in [4.78, 5) is 26.5. The van der Waals surface area contributed by atoms with Gasteiger partial charge < -0.3 is 4.74 Å². The summed E-state index contributed by atoms with van der Waals surface area (Å²) in [6.07, 6.45) is -0.671. The fourth-order valence-corrected chi connectivity index (χ4v) is 2.78. The van der Waals surface area contributed by atoms with Gasteiger partial charge in [-0.05, 0) is 42.4 Å². The van der Waals surface area contributed by atoms with E-state index < -0.39 is 11.7 Å². The molecule has 2 aromatic carbocycles. The number of carbonyl (C=O) groups is 1. The molecule has 1 amide bonds. The van der Waals surface area contributed by atoms with Crippen LogP contribution in [0.5, 0.6) is 0 Å². The van der Waals surface area contributed by atoms with Crippen LogP contribution in [0.4, 0.5) is 10.6 Å². The average Bonchev–Trinajstić information content (AvgIpc) is 2.60. The van der Waals surface area contributed by atoms with Crippen LogP contribution < -0.4 is 10.9 Å². The van der Waals surface area contributed by atoms with Gasteiger partial charge >= 0.3 is 6.09 Å². The molecule has 0 spiro atoms. The lowest BCUT2D eigenvalue weighted by Gasteiger charge is -2.15. The molecule has 1 heterocycles. The van der Waals surface area contributed by atoms with Crippen molar-refractivity contribution >= 4 is 24.1 Å². The maximum Gasteiger partial charge on any atom is 0.413 e. The molecular weight excluding hydrogens is 350 g/mol. The number of benzene rings is 2. The Morgan fingerprint density at radius 1 is 1.15 bits per heavy atom. The van der Waals surface area contributed by atoms with E-state index in [0.29, 0.717) is 0 Å². The minimum atomic E-state index is -0.671. The maximum absolute atomic E-state index is 12.2. The fraction of sp³-hybridized carbons (Fsp3) is 0.105. The third-order valence-electron chi connectivity index (χ3n) is 3.64. The van der Waals surface area contributed by atoms with Gasteiger partial charge in [0.2, 0.25) is 0 Å². The fourth-order valence-electron chi connectivity index (χ4n) is 2.47. The number of nitrogens with zero attached hydrogens (tertiary/aromatic N) is 1. The summed E-state index contributed by atoms with van der Waals surface area (Å²) in [5.74, 6) is 0.238. The molecule has 132 valence electrons. The smallest absolute Gasteiger partial charge is 0.413 e. The first kappa shape index (κ1) is 17.6. The number of aromatic amines is 1. The number of aromatic nitrogens is 2. The first-order chi connectivity index (χ1) is 12.5. The molecule has 2 N–H and O–H groups in total. The molecule has 0 saturated heterocycles. The molecule has 0 bridgehead atoms. The highest BCUT2D eigenvalue weighted by Gasteiger charge is 2.11. The zero-order valence-corrected chi connectivity index (χ0v) is 14.9. The van der Waals surface area contributed by atoms with E-state index in [4.69, 9.17) is 17.0 Å². The van der Waals surface area contributed by atoms with Gasteiger partial charge in [0, 0.05) is 6.07 Å². The van der Waals surface area contributed by atoms with Crippen LogP contribution in [0.3, 0.4) is 0 Å². The number of nitrogens with one attached hydrogen (secondary N) is 2. The van der Waals surface area contributed by atoms with Gasteiger partial charge in [-0.1, -0.05) is 42.5 Å². The second kappa shape index (κ2) is 7.79. The van der Waals surface area contributed by atoms with Crippen molar-refractivity contribution in [3.05, 3.63) is 86.9 Å². The Kier molecular flexibility index (Phi) is 5.28. The molecule has 6 nitrogen and oxygen atoms in total. The maximum atomic E-state index is 12.2. The van der Waals surface area contributed by atoms with E-state index in [1.807, 2.05) is 61.5 Å². The molecule has 0 atom stereocenters. The lowest BCUT2D eigenvalue weighted by atomic mass is 10.2. The van der Waals surface area contributed by atoms with Gasteiger partial charge in [0.15, 0.2) is 4.77 Å². The number of aryl methyl sites for hydroxylation is 1. The Labute approximate surface area is 155 Å². The Bertz CT molecular complexity index is 1040. The highest BCUT2D eigenvalue weighted by atomic mass is 32.1. The lowest BCUT2D eigenvalue weighted by molar-refractivity contribution is 0.155. The topological polar surface area (TPSA) is 76.1 Å². The molecule has 0 fully saturated rings. The molecule has 26 heavy (non-hydrogen) atoms. The molecule has 3 rings (SSSR count). The molecule has 0 unspecified atom stereocenters. The standard InChI is InChI=1S/C19H17N3O3S/c1-13-6-5-9-15(10-13)22-16(11-17(23)21-18(22)26)20-19(24)25-12-14-7-3-2-4-8-14/h2-11H,12H2,1H3,(H,20,24)(H,21,23,26). The normalized spacial score (nSPS) is 10.3. The van der Waals surface area contributed by atoms with Crippen molar-refractivity contribution in [3.8, 4) is 5.69 Å². The van der Waals surface area contributed by atoms with E-state index in [2.05, 4.69) is 10.3 Å². The summed E-state index contributed by atoms with van der Waals surface area (Å²) >= 11 is 5.26. The number of hydrogen-bond donors (Lipinski definition) is 2.